The van der Waals surface area contributed by atoms with Crippen molar-refractivity contribution in [1.29, 1.82) is 0 Å². The van der Waals surface area contributed by atoms with Crippen LogP contribution in [-0.2, 0) is 0 Å². The summed E-state index contributed by atoms with van der Waals surface area (Å²) in [7, 11) is 0. The summed E-state index contributed by atoms with van der Waals surface area (Å²) in [5, 5.41) is 0.970. The maximum absolute atomic E-state index is 11.3. The fourth-order valence-corrected chi connectivity index (χ4v) is 1.84. The fraction of sp³-hybridized carbons (Fsp3) is 0.154. The van der Waals surface area contributed by atoms with Crippen LogP contribution < -0.4 is 5.56 Å². The first kappa shape index (κ1) is 9.54. The summed E-state index contributed by atoms with van der Waals surface area (Å²) in [5.74, 6) is 2.68. The summed E-state index contributed by atoms with van der Waals surface area (Å²) in [4.78, 5) is 14.1. The molecule has 0 aliphatic heterocycles. The van der Waals surface area contributed by atoms with Gasteiger partial charge in [0.25, 0.3) is 0 Å². The van der Waals surface area contributed by atoms with Crippen LogP contribution in [0.2, 0.25) is 0 Å². The number of terminal acetylenes is 1. The summed E-state index contributed by atoms with van der Waals surface area (Å²) in [6, 6.07) is 5.38. The molecule has 1 aromatic heterocycles. The van der Waals surface area contributed by atoms with Gasteiger partial charge in [-0.3, -0.25) is 4.79 Å². The summed E-state index contributed by atoms with van der Waals surface area (Å²) in [6.45, 7) is 3.87. The minimum absolute atomic E-state index is 0.0909. The van der Waals surface area contributed by atoms with Crippen molar-refractivity contribution in [2.75, 3.05) is 0 Å². The molecular formula is C13H11NO. The zero-order valence-electron chi connectivity index (χ0n) is 8.72. The van der Waals surface area contributed by atoms with Crippen LogP contribution in [0.3, 0.4) is 0 Å². The Morgan fingerprint density at radius 2 is 2.00 bits per heavy atom. The van der Waals surface area contributed by atoms with Crippen LogP contribution in [-0.4, -0.2) is 4.98 Å². The van der Waals surface area contributed by atoms with Crippen molar-refractivity contribution in [3.63, 3.8) is 0 Å². The predicted molar refractivity (Wildman–Crippen MR) is 62.0 cm³/mol. The van der Waals surface area contributed by atoms with Gasteiger partial charge in [-0.2, -0.15) is 0 Å². The van der Waals surface area contributed by atoms with Gasteiger partial charge in [-0.05, 0) is 31.0 Å². The summed E-state index contributed by atoms with van der Waals surface area (Å²) in [5.41, 5.74) is 3.55. The van der Waals surface area contributed by atoms with Gasteiger partial charge >= 0.3 is 0 Å². The Kier molecular flexibility index (Phi) is 2.09. The van der Waals surface area contributed by atoms with Crippen molar-refractivity contribution in [3.05, 3.63) is 45.2 Å². The number of nitrogens with one attached hydrogen (secondary N) is 1. The van der Waals surface area contributed by atoms with Gasteiger partial charge in [0, 0.05) is 22.5 Å². The van der Waals surface area contributed by atoms with E-state index in [1.165, 1.54) is 0 Å². The van der Waals surface area contributed by atoms with E-state index in [-0.39, 0.29) is 5.56 Å². The lowest BCUT2D eigenvalue weighted by Gasteiger charge is -2.06. The minimum atomic E-state index is -0.0909. The number of rotatable bonds is 0. The Balaban J connectivity index is 3.06. The average Bonchev–Trinajstić information content (AvgIpc) is 2.18. The molecule has 0 saturated carbocycles. The molecule has 2 nitrogen and oxygen atoms in total. The number of hydrogen-bond donors (Lipinski definition) is 1. The third kappa shape index (κ3) is 1.42. The van der Waals surface area contributed by atoms with Crippen LogP contribution in [0.1, 0.15) is 16.7 Å². The minimum Gasteiger partial charge on any atom is -0.322 e. The van der Waals surface area contributed by atoms with Gasteiger partial charge in [-0.15, -0.1) is 6.42 Å². The molecule has 2 aromatic rings. The molecule has 0 aliphatic rings. The quantitative estimate of drug-likeness (QED) is 0.645. The molecule has 0 spiro atoms. The zero-order chi connectivity index (χ0) is 11.0. The molecule has 0 amide bonds. The molecule has 74 valence electrons. The average molecular weight is 197 g/mol. The number of hydrogen-bond acceptors (Lipinski definition) is 1. The molecule has 0 fully saturated rings. The third-order valence-corrected chi connectivity index (χ3v) is 2.56. The van der Waals surface area contributed by atoms with E-state index in [1.54, 1.807) is 6.07 Å². The second kappa shape index (κ2) is 3.29. The lowest BCUT2D eigenvalue weighted by molar-refractivity contribution is 1.27. The first-order valence-corrected chi connectivity index (χ1v) is 4.73. The highest BCUT2D eigenvalue weighted by molar-refractivity contribution is 5.89. The molecule has 2 rings (SSSR count). The van der Waals surface area contributed by atoms with Gasteiger partial charge in [0.05, 0.1) is 0 Å². The highest BCUT2D eigenvalue weighted by Crippen LogP contribution is 2.21. The number of aromatic nitrogens is 1. The van der Waals surface area contributed by atoms with Gasteiger partial charge in [-0.25, -0.2) is 0 Å². The van der Waals surface area contributed by atoms with E-state index < -0.39 is 0 Å². The molecule has 1 aromatic carbocycles. The van der Waals surface area contributed by atoms with E-state index >= 15 is 0 Å². The zero-order valence-corrected chi connectivity index (χ0v) is 8.72. The molecule has 0 atom stereocenters. The Morgan fingerprint density at radius 1 is 1.27 bits per heavy atom. The van der Waals surface area contributed by atoms with E-state index in [2.05, 4.69) is 10.9 Å². The molecule has 0 unspecified atom stereocenters. The van der Waals surface area contributed by atoms with Crippen LogP contribution >= 0.6 is 0 Å². The number of benzene rings is 1. The second-order valence-electron chi connectivity index (χ2n) is 3.64. The van der Waals surface area contributed by atoms with Crippen molar-refractivity contribution < 1.29 is 0 Å². The summed E-state index contributed by atoms with van der Waals surface area (Å²) < 4.78 is 0. The molecule has 0 saturated heterocycles. The molecule has 0 bridgehead atoms. The Bertz CT molecular complexity index is 629. The largest absolute Gasteiger partial charge is 0.322 e. The lowest BCUT2D eigenvalue weighted by atomic mass is 10.00. The molecule has 2 heteroatoms. The first-order valence-electron chi connectivity index (χ1n) is 4.73. The highest BCUT2D eigenvalue weighted by atomic mass is 16.1. The Morgan fingerprint density at radius 3 is 2.67 bits per heavy atom. The van der Waals surface area contributed by atoms with Crippen molar-refractivity contribution in [3.8, 4) is 12.3 Å². The molecule has 0 aliphatic carbocycles. The maximum Gasteiger partial charge on any atom is 0.248 e. The molecule has 1 N–H and O–H groups in total. The van der Waals surface area contributed by atoms with Crippen LogP contribution in [0.15, 0.2) is 23.0 Å². The van der Waals surface area contributed by atoms with Gasteiger partial charge in [0.1, 0.15) is 0 Å². The molecule has 15 heavy (non-hydrogen) atoms. The van der Waals surface area contributed by atoms with Gasteiger partial charge < -0.3 is 4.98 Å². The SMILES string of the molecule is C#Cc1c(C)ccc2[nH]c(=O)cc(C)c12. The smallest absolute Gasteiger partial charge is 0.248 e. The van der Waals surface area contributed by atoms with Crippen molar-refractivity contribution >= 4 is 10.9 Å². The number of pyridine rings is 1. The number of aromatic amines is 1. The topological polar surface area (TPSA) is 32.9 Å². The van der Waals surface area contributed by atoms with Crippen LogP contribution in [0.25, 0.3) is 10.9 Å². The number of fused-ring (bicyclic) bond motifs is 1. The Labute approximate surface area is 88.0 Å². The van der Waals surface area contributed by atoms with E-state index in [9.17, 15) is 4.79 Å². The first-order chi connectivity index (χ1) is 7.13. The van der Waals surface area contributed by atoms with Crippen molar-refractivity contribution in [2.45, 2.75) is 13.8 Å². The van der Waals surface area contributed by atoms with Crippen LogP contribution in [0, 0.1) is 26.2 Å². The Hall–Kier alpha value is -2.01. The van der Waals surface area contributed by atoms with Crippen molar-refractivity contribution in [1.82, 2.24) is 4.98 Å². The van der Waals surface area contributed by atoms with E-state index in [1.807, 2.05) is 26.0 Å². The van der Waals surface area contributed by atoms with Crippen LogP contribution in [0.4, 0.5) is 0 Å². The fourth-order valence-electron chi connectivity index (χ4n) is 1.84. The highest BCUT2D eigenvalue weighted by Gasteiger charge is 2.06. The maximum atomic E-state index is 11.3. The van der Waals surface area contributed by atoms with Gasteiger partial charge in [0.2, 0.25) is 5.56 Å². The molecule has 1 heterocycles. The second-order valence-corrected chi connectivity index (χ2v) is 3.64. The van der Waals surface area contributed by atoms with E-state index in [4.69, 9.17) is 6.42 Å². The molecular weight excluding hydrogens is 186 g/mol. The van der Waals surface area contributed by atoms with Gasteiger partial charge in [-0.1, -0.05) is 12.0 Å². The third-order valence-electron chi connectivity index (χ3n) is 2.56. The predicted octanol–water partition coefficient (Wildman–Crippen LogP) is 2.13. The number of aryl methyl sites for hydroxylation is 2. The summed E-state index contributed by atoms with van der Waals surface area (Å²) >= 11 is 0. The van der Waals surface area contributed by atoms with E-state index in [0.29, 0.717) is 0 Å². The van der Waals surface area contributed by atoms with Crippen molar-refractivity contribution in [2.24, 2.45) is 0 Å². The standard InChI is InChI=1S/C13H11NO/c1-4-10-8(2)5-6-11-13(10)9(3)7-12(15)14-11/h1,5-7H,2-3H3,(H,14,15). The molecule has 0 radical (unpaired) electrons. The van der Waals surface area contributed by atoms with E-state index in [0.717, 1.165) is 27.6 Å². The summed E-state index contributed by atoms with van der Waals surface area (Å²) in [6.07, 6.45) is 5.48. The lowest BCUT2D eigenvalue weighted by Crippen LogP contribution is -2.05. The number of H-pyrrole nitrogens is 1. The van der Waals surface area contributed by atoms with Crippen LogP contribution in [0.5, 0.6) is 0 Å². The monoisotopic (exact) mass is 197 g/mol. The normalized spacial score (nSPS) is 10.2. The van der Waals surface area contributed by atoms with Gasteiger partial charge in [0.15, 0.2) is 0 Å².